The van der Waals surface area contributed by atoms with Gasteiger partial charge in [0.15, 0.2) is 0 Å². The largest absolute Gasteiger partial charge is 0.373 e. The summed E-state index contributed by atoms with van der Waals surface area (Å²) in [6.45, 7) is 9.47. The highest BCUT2D eigenvalue weighted by atomic mass is 16.2. The van der Waals surface area contributed by atoms with Crippen molar-refractivity contribution in [2.24, 2.45) is 11.8 Å². The molecule has 0 N–H and O–H groups in total. The lowest BCUT2D eigenvalue weighted by molar-refractivity contribution is -0.142. The molecule has 2 heterocycles. The van der Waals surface area contributed by atoms with E-state index >= 15 is 0 Å². The first-order chi connectivity index (χ1) is 9.20. The third-order valence-electron chi connectivity index (χ3n) is 5.37. The molecule has 0 radical (unpaired) electrons. The molecule has 1 aliphatic carbocycles. The van der Waals surface area contributed by atoms with Crippen molar-refractivity contribution in [3.05, 3.63) is 12.3 Å². The number of rotatable bonds is 3. The van der Waals surface area contributed by atoms with E-state index in [0.717, 1.165) is 38.9 Å². The van der Waals surface area contributed by atoms with Gasteiger partial charge in [-0.05, 0) is 38.0 Å². The number of carbonyl (C=O) groups excluding carboxylic acids is 1. The maximum absolute atomic E-state index is 12.6. The third kappa shape index (κ3) is 2.28. The maximum Gasteiger partial charge on any atom is 0.226 e. The monoisotopic (exact) mass is 262 g/mol. The number of piperidine rings is 1. The number of likely N-dealkylation sites (tertiary alicyclic amines) is 2. The number of fused-ring (bicyclic) bond motifs is 1. The van der Waals surface area contributed by atoms with Crippen LogP contribution in [0.25, 0.3) is 0 Å². The lowest BCUT2D eigenvalue weighted by atomic mass is 9.82. The van der Waals surface area contributed by atoms with Gasteiger partial charge >= 0.3 is 0 Å². The molecule has 1 amide bonds. The summed E-state index contributed by atoms with van der Waals surface area (Å²) in [7, 11) is 0. The van der Waals surface area contributed by atoms with Gasteiger partial charge in [-0.1, -0.05) is 19.9 Å². The molecule has 19 heavy (non-hydrogen) atoms. The molecule has 1 saturated carbocycles. The van der Waals surface area contributed by atoms with Crippen molar-refractivity contribution < 1.29 is 4.79 Å². The molecule has 3 fully saturated rings. The first kappa shape index (κ1) is 13.0. The predicted octanol–water partition coefficient (Wildman–Crippen LogP) is 2.63. The van der Waals surface area contributed by atoms with Crippen molar-refractivity contribution in [3.8, 4) is 0 Å². The Morgan fingerprint density at radius 3 is 2.63 bits per heavy atom. The maximum atomic E-state index is 12.6. The van der Waals surface area contributed by atoms with E-state index < -0.39 is 0 Å². The highest BCUT2D eigenvalue weighted by molar-refractivity contribution is 5.80. The van der Waals surface area contributed by atoms with Gasteiger partial charge in [-0.2, -0.15) is 0 Å². The van der Waals surface area contributed by atoms with Crippen LogP contribution in [0.1, 0.15) is 45.4 Å². The van der Waals surface area contributed by atoms with Crippen LogP contribution in [0.15, 0.2) is 12.3 Å². The number of hydrogen-bond donors (Lipinski definition) is 0. The van der Waals surface area contributed by atoms with Crippen LogP contribution in [-0.2, 0) is 4.79 Å². The Hall–Kier alpha value is -0.990. The predicted molar refractivity (Wildman–Crippen MR) is 76.6 cm³/mol. The van der Waals surface area contributed by atoms with Gasteiger partial charge in [0.1, 0.15) is 0 Å². The molecule has 2 atom stereocenters. The summed E-state index contributed by atoms with van der Waals surface area (Å²) in [4.78, 5) is 17.2. The molecule has 3 heteroatoms. The Balaban J connectivity index is 1.69. The van der Waals surface area contributed by atoms with Gasteiger partial charge in [0.05, 0.1) is 6.04 Å². The Labute approximate surface area is 116 Å². The van der Waals surface area contributed by atoms with Crippen LogP contribution in [0.2, 0.25) is 0 Å². The lowest BCUT2D eigenvalue weighted by Crippen LogP contribution is -2.51. The van der Waals surface area contributed by atoms with E-state index in [0.29, 0.717) is 23.8 Å². The number of amides is 1. The van der Waals surface area contributed by atoms with Crippen LogP contribution in [0.4, 0.5) is 0 Å². The quantitative estimate of drug-likeness (QED) is 0.780. The van der Waals surface area contributed by atoms with E-state index in [1.165, 1.54) is 25.0 Å². The number of hydrogen-bond acceptors (Lipinski definition) is 2. The summed E-state index contributed by atoms with van der Waals surface area (Å²) < 4.78 is 0. The minimum absolute atomic E-state index is 0.349. The van der Waals surface area contributed by atoms with Crippen molar-refractivity contribution in [1.82, 2.24) is 9.80 Å². The van der Waals surface area contributed by atoms with Gasteiger partial charge in [0.25, 0.3) is 0 Å². The fraction of sp³-hybridized carbons (Fsp3) is 0.812. The number of allylic oxidation sites excluding steroid dienone is 1. The van der Waals surface area contributed by atoms with Crippen molar-refractivity contribution in [1.29, 1.82) is 0 Å². The van der Waals surface area contributed by atoms with E-state index in [9.17, 15) is 4.79 Å². The minimum atomic E-state index is 0.349. The molecule has 0 spiro atoms. The van der Waals surface area contributed by atoms with Crippen LogP contribution in [0.3, 0.4) is 0 Å². The third-order valence-corrected chi connectivity index (χ3v) is 5.37. The van der Waals surface area contributed by atoms with Crippen molar-refractivity contribution in [2.45, 2.75) is 51.5 Å². The summed E-state index contributed by atoms with van der Waals surface area (Å²) in [6.07, 6.45) is 6.99. The fourth-order valence-corrected chi connectivity index (χ4v) is 3.83. The zero-order valence-corrected chi connectivity index (χ0v) is 12.1. The average molecular weight is 262 g/mol. The normalized spacial score (nSPS) is 31.0. The average Bonchev–Trinajstić information content (AvgIpc) is 2.79. The van der Waals surface area contributed by atoms with Gasteiger partial charge in [-0.15, -0.1) is 0 Å². The topological polar surface area (TPSA) is 23.6 Å². The molecule has 0 aromatic carbocycles. The van der Waals surface area contributed by atoms with Crippen LogP contribution in [-0.4, -0.2) is 41.4 Å². The summed E-state index contributed by atoms with van der Waals surface area (Å²) in [5, 5.41) is 0. The molecule has 2 saturated heterocycles. The molecule has 106 valence electrons. The second kappa shape index (κ2) is 5.18. The SMILES string of the molecule is C=C(CC)N1CC2CCCN(C(=O)C3CCC3)C2C1. The van der Waals surface area contributed by atoms with E-state index in [2.05, 4.69) is 23.3 Å². The molecule has 0 aromatic rings. The van der Waals surface area contributed by atoms with Crippen molar-refractivity contribution in [3.63, 3.8) is 0 Å². The van der Waals surface area contributed by atoms with Gasteiger partial charge in [-0.25, -0.2) is 0 Å². The summed E-state index contributed by atoms with van der Waals surface area (Å²) >= 11 is 0. The highest BCUT2D eigenvalue weighted by Crippen LogP contribution is 2.36. The molecule has 0 aromatic heterocycles. The zero-order valence-electron chi connectivity index (χ0n) is 12.1. The molecule has 0 bridgehead atoms. The summed E-state index contributed by atoms with van der Waals surface area (Å²) in [5.41, 5.74) is 1.24. The molecule has 2 unspecified atom stereocenters. The van der Waals surface area contributed by atoms with Crippen LogP contribution in [0.5, 0.6) is 0 Å². The zero-order chi connectivity index (χ0) is 13.4. The Morgan fingerprint density at radius 1 is 1.21 bits per heavy atom. The van der Waals surface area contributed by atoms with Gasteiger partial charge < -0.3 is 9.80 Å². The van der Waals surface area contributed by atoms with Crippen LogP contribution in [0, 0.1) is 11.8 Å². The Morgan fingerprint density at radius 2 is 2.00 bits per heavy atom. The highest BCUT2D eigenvalue weighted by Gasteiger charge is 2.43. The number of carbonyl (C=O) groups is 1. The standard InChI is InChI=1S/C16H26N2O/c1-3-12(2)17-10-14-8-5-9-18(15(14)11-17)16(19)13-6-4-7-13/h13-15H,2-11H2,1H3. The second-order valence-electron chi connectivity index (χ2n) is 6.45. The van der Waals surface area contributed by atoms with E-state index in [-0.39, 0.29) is 0 Å². The van der Waals surface area contributed by atoms with E-state index in [4.69, 9.17) is 0 Å². The van der Waals surface area contributed by atoms with Crippen LogP contribution >= 0.6 is 0 Å². The molecule has 2 aliphatic heterocycles. The smallest absolute Gasteiger partial charge is 0.226 e. The van der Waals surface area contributed by atoms with Gasteiger partial charge in [-0.3, -0.25) is 4.79 Å². The molecular weight excluding hydrogens is 236 g/mol. The fourth-order valence-electron chi connectivity index (χ4n) is 3.83. The minimum Gasteiger partial charge on any atom is -0.373 e. The molecule has 3 nitrogen and oxygen atoms in total. The van der Waals surface area contributed by atoms with Gasteiger partial charge in [0, 0.05) is 31.2 Å². The first-order valence-corrected chi connectivity index (χ1v) is 7.94. The van der Waals surface area contributed by atoms with Crippen molar-refractivity contribution >= 4 is 5.91 Å². The van der Waals surface area contributed by atoms with Gasteiger partial charge in [0.2, 0.25) is 5.91 Å². The molecule has 3 aliphatic rings. The summed E-state index contributed by atoms with van der Waals surface area (Å²) in [5.74, 6) is 1.48. The van der Waals surface area contributed by atoms with E-state index in [1.807, 2.05) is 0 Å². The first-order valence-electron chi connectivity index (χ1n) is 7.94. The summed E-state index contributed by atoms with van der Waals surface area (Å²) in [6, 6.07) is 0.463. The second-order valence-corrected chi connectivity index (χ2v) is 6.45. The Kier molecular flexibility index (Phi) is 3.55. The van der Waals surface area contributed by atoms with E-state index in [1.54, 1.807) is 0 Å². The van der Waals surface area contributed by atoms with Crippen molar-refractivity contribution in [2.75, 3.05) is 19.6 Å². The van der Waals surface area contributed by atoms with Crippen LogP contribution < -0.4 is 0 Å². The molecular formula is C16H26N2O. The number of nitrogens with zero attached hydrogens (tertiary/aromatic N) is 2. The Bertz CT molecular complexity index is 375. The lowest BCUT2D eigenvalue weighted by Gasteiger charge is -2.40. The molecule has 3 rings (SSSR count).